The van der Waals surface area contributed by atoms with E-state index >= 15 is 0 Å². The Balaban J connectivity index is 1.97. The number of rotatable bonds is 9. The van der Waals surface area contributed by atoms with Gasteiger partial charge in [0.15, 0.2) is 11.5 Å². The van der Waals surface area contributed by atoms with Gasteiger partial charge in [0.2, 0.25) is 5.91 Å². The molecular formula is C19H18F2N2O5. The number of carbonyl (C=O) groups is 1. The SMILES string of the molecule is CCOc1cc(/C=C/C(=O)NCc2ccc([N+](=O)[O-])cc2)ccc1OC(F)F. The molecule has 0 fully saturated rings. The van der Waals surface area contributed by atoms with E-state index < -0.39 is 11.5 Å². The zero-order valence-corrected chi connectivity index (χ0v) is 14.9. The highest BCUT2D eigenvalue weighted by Crippen LogP contribution is 2.30. The average molecular weight is 392 g/mol. The summed E-state index contributed by atoms with van der Waals surface area (Å²) in [5.41, 5.74) is 1.24. The van der Waals surface area contributed by atoms with Crippen molar-refractivity contribution in [2.24, 2.45) is 0 Å². The molecule has 0 aliphatic heterocycles. The molecule has 0 aromatic heterocycles. The minimum atomic E-state index is -2.97. The summed E-state index contributed by atoms with van der Waals surface area (Å²) in [5, 5.41) is 13.3. The number of nitro benzene ring substituents is 1. The van der Waals surface area contributed by atoms with Crippen LogP contribution in [0.1, 0.15) is 18.1 Å². The summed E-state index contributed by atoms with van der Waals surface area (Å²) >= 11 is 0. The number of hydrogen-bond donors (Lipinski definition) is 1. The van der Waals surface area contributed by atoms with Crippen molar-refractivity contribution in [3.8, 4) is 11.5 Å². The van der Waals surface area contributed by atoms with E-state index in [1.807, 2.05) is 0 Å². The molecule has 1 amide bonds. The molecule has 1 N–H and O–H groups in total. The molecule has 0 atom stereocenters. The third-order valence-electron chi connectivity index (χ3n) is 3.52. The Hall–Kier alpha value is -3.49. The standard InChI is InChI=1S/C19H18F2N2O5/c1-2-27-17-11-13(5-9-16(17)28-19(20)21)6-10-18(24)22-12-14-3-7-15(8-4-14)23(25)26/h3-11,19H,2,12H2,1H3,(H,22,24)/b10-6+. The molecule has 28 heavy (non-hydrogen) atoms. The molecule has 148 valence electrons. The second-order valence-corrected chi connectivity index (χ2v) is 5.49. The van der Waals surface area contributed by atoms with Crippen LogP contribution < -0.4 is 14.8 Å². The van der Waals surface area contributed by atoms with Gasteiger partial charge in [0.05, 0.1) is 11.5 Å². The van der Waals surface area contributed by atoms with E-state index in [9.17, 15) is 23.7 Å². The molecule has 2 rings (SSSR count). The van der Waals surface area contributed by atoms with Crippen molar-refractivity contribution in [2.75, 3.05) is 6.61 Å². The number of carbonyl (C=O) groups excluding carboxylic acids is 1. The Labute approximate surface area is 159 Å². The van der Waals surface area contributed by atoms with E-state index in [-0.39, 0.29) is 36.2 Å². The van der Waals surface area contributed by atoms with Gasteiger partial charge in [-0.2, -0.15) is 8.78 Å². The summed E-state index contributed by atoms with van der Waals surface area (Å²) in [6.45, 7) is -0.791. The Kier molecular flexibility index (Phi) is 7.44. The first-order valence-corrected chi connectivity index (χ1v) is 8.30. The van der Waals surface area contributed by atoms with E-state index in [1.54, 1.807) is 19.1 Å². The van der Waals surface area contributed by atoms with Crippen LogP contribution in [-0.2, 0) is 11.3 Å². The number of hydrogen-bond acceptors (Lipinski definition) is 5. The molecule has 0 unspecified atom stereocenters. The first kappa shape index (κ1) is 20.8. The van der Waals surface area contributed by atoms with E-state index in [2.05, 4.69) is 10.1 Å². The maximum absolute atomic E-state index is 12.4. The van der Waals surface area contributed by atoms with Gasteiger partial charge in [-0.15, -0.1) is 0 Å². The Bertz CT molecular complexity index is 854. The normalized spacial score (nSPS) is 10.9. The van der Waals surface area contributed by atoms with Crippen molar-refractivity contribution in [2.45, 2.75) is 20.1 Å². The van der Waals surface area contributed by atoms with Crippen molar-refractivity contribution < 1.29 is 28.0 Å². The fraction of sp³-hybridized carbons (Fsp3) is 0.211. The highest BCUT2D eigenvalue weighted by atomic mass is 19.3. The van der Waals surface area contributed by atoms with Crippen molar-refractivity contribution in [3.05, 3.63) is 69.8 Å². The number of ether oxygens (including phenoxy) is 2. The van der Waals surface area contributed by atoms with Gasteiger partial charge in [0.25, 0.3) is 5.69 Å². The van der Waals surface area contributed by atoms with Crippen LogP contribution in [0, 0.1) is 10.1 Å². The summed E-state index contributed by atoms with van der Waals surface area (Å²) in [4.78, 5) is 22.0. The zero-order valence-electron chi connectivity index (χ0n) is 14.9. The lowest BCUT2D eigenvalue weighted by molar-refractivity contribution is -0.384. The fourth-order valence-electron chi connectivity index (χ4n) is 2.25. The quantitative estimate of drug-likeness (QED) is 0.397. The highest BCUT2D eigenvalue weighted by Gasteiger charge is 2.11. The molecule has 0 aliphatic carbocycles. The summed E-state index contributed by atoms with van der Waals surface area (Å²) in [7, 11) is 0. The number of nitrogens with one attached hydrogen (secondary N) is 1. The highest BCUT2D eigenvalue weighted by molar-refractivity contribution is 5.91. The Morgan fingerprint density at radius 2 is 1.93 bits per heavy atom. The molecule has 0 heterocycles. The zero-order chi connectivity index (χ0) is 20.5. The Morgan fingerprint density at radius 3 is 2.54 bits per heavy atom. The van der Waals surface area contributed by atoms with Crippen LogP contribution in [0.25, 0.3) is 6.08 Å². The lowest BCUT2D eigenvalue weighted by Crippen LogP contribution is -2.20. The maximum atomic E-state index is 12.4. The summed E-state index contributed by atoms with van der Waals surface area (Å²) in [6, 6.07) is 10.2. The van der Waals surface area contributed by atoms with Crippen LogP contribution in [0.5, 0.6) is 11.5 Å². The van der Waals surface area contributed by atoms with Crippen LogP contribution in [0.2, 0.25) is 0 Å². The van der Waals surface area contributed by atoms with Gasteiger partial charge < -0.3 is 14.8 Å². The summed E-state index contributed by atoms with van der Waals surface area (Å²) in [6.07, 6.45) is 2.78. The third-order valence-corrected chi connectivity index (χ3v) is 3.52. The number of halogens is 2. The molecule has 2 aromatic carbocycles. The summed E-state index contributed by atoms with van der Waals surface area (Å²) in [5.74, 6) is -0.322. The average Bonchev–Trinajstić information content (AvgIpc) is 2.66. The van der Waals surface area contributed by atoms with Gasteiger partial charge in [-0.3, -0.25) is 14.9 Å². The predicted octanol–water partition coefficient (Wildman–Crippen LogP) is 3.92. The van der Waals surface area contributed by atoms with Gasteiger partial charge in [0.1, 0.15) is 0 Å². The van der Waals surface area contributed by atoms with Crippen molar-refractivity contribution in [3.63, 3.8) is 0 Å². The number of alkyl halides is 2. The van der Waals surface area contributed by atoms with Gasteiger partial charge in [0, 0.05) is 24.8 Å². The number of nitro groups is 1. The maximum Gasteiger partial charge on any atom is 0.387 e. The second kappa shape index (κ2) is 10.0. The number of nitrogens with zero attached hydrogens (tertiary/aromatic N) is 1. The van der Waals surface area contributed by atoms with E-state index in [4.69, 9.17) is 4.74 Å². The lowest BCUT2D eigenvalue weighted by atomic mass is 10.2. The van der Waals surface area contributed by atoms with Gasteiger partial charge in [-0.05, 0) is 36.3 Å². The topological polar surface area (TPSA) is 90.7 Å². The Morgan fingerprint density at radius 1 is 1.21 bits per heavy atom. The van der Waals surface area contributed by atoms with E-state index in [1.165, 1.54) is 42.5 Å². The number of non-ortho nitro benzene ring substituents is 1. The predicted molar refractivity (Wildman–Crippen MR) is 98.2 cm³/mol. The molecular weight excluding hydrogens is 374 g/mol. The number of benzene rings is 2. The van der Waals surface area contributed by atoms with Crippen LogP contribution in [0.4, 0.5) is 14.5 Å². The molecule has 0 radical (unpaired) electrons. The minimum absolute atomic E-state index is 0.0284. The smallest absolute Gasteiger partial charge is 0.387 e. The van der Waals surface area contributed by atoms with Gasteiger partial charge >= 0.3 is 6.61 Å². The summed E-state index contributed by atoms with van der Waals surface area (Å²) < 4.78 is 34.5. The van der Waals surface area contributed by atoms with Crippen LogP contribution >= 0.6 is 0 Å². The molecule has 0 saturated carbocycles. The molecule has 0 saturated heterocycles. The van der Waals surface area contributed by atoms with Crippen molar-refractivity contribution in [1.82, 2.24) is 5.32 Å². The minimum Gasteiger partial charge on any atom is -0.490 e. The fourth-order valence-corrected chi connectivity index (χ4v) is 2.25. The number of amides is 1. The molecule has 0 spiro atoms. The van der Waals surface area contributed by atoms with Crippen LogP contribution in [-0.4, -0.2) is 24.0 Å². The molecule has 7 nitrogen and oxygen atoms in total. The first-order chi connectivity index (χ1) is 13.4. The largest absolute Gasteiger partial charge is 0.490 e. The van der Waals surface area contributed by atoms with Crippen LogP contribution in [0.15, 0.2) is 48.5 Å². The van der Waals surface area contributed by atoms with Gasteiger partial charge in [-0.1, -0.05) is 18.2 Å². The van der Waals surface area contributed by atoms with Crippen molar-refractivity contribution >= 4 is 17.7 Å². The van der Waals surface area contributed by atoms with Crippen LogP contribution in [0.3, 0.4) is 0 Å². The molecule has 0 bridgehead atoms. The van der Waals surface area contributed by atoms with Gasteiger partial charge in [-0.25, -0.2) is 0 Å². The molecule has 0 aliphatic rings. The van der Waals surface area contributed by atoms with Crippen molar-refractivity contribution in [1.29, 1.82) is 0 Å². The van der Waals surface area contributed by atoms with E-state index in [0.29, 0.717) is 11.1 Å². The molecule has 9 heteroatoms. The molecule has 2 aromatic rings. The second-order valence-electron chi connectivity index (χ2n) is 5.49. The third kappa shape index (κ3) is 6.35. The first-order valence-electron chi connectivity index (χ1n) is 8.30. The van der Waals surface area contributed by atoms with E-state index in [0.717, 1.165) is 0 Å². The lowest BCUT2D eigenvalue weighted by Gasteiger charge is -2.11. The monoisotopic (exact) mass is 392 g/mol.